The van der Waals surface area contributed by atoms with Crippen molar-refractivity contribution in [2.75, 3.05) is 12.4 Å². The monoisotopic (exact) mass is 349 g/mol. The Hall–Kier alpha value is -3.52. The number of aromatic nitrogens is 4. The molecule has 0 fully saturated rings. The molecule has 0 aliphatic heterocycles. The number of aliphatic hydroxyl groups is 1. The average Bonchev–Trinajstić information content (AvgIpc) is 2.68. The standard InChI is InChI=1S/C18H15N5O3/c1-26-15-3-2-8-23-17(15)22-16(12(10-24)18(23)25)21-11-4-5-13-14(9-11)20-7-6-19-13/h2-9,21,24H,10H2,1H3. The van der Waals surface area contributed by atoms with Crippen LogP contribution in [-0.4, -0.2) is 31.6 Å². The number of nitrogens with one attached hydrogen (secondary N) is 1. The van der Waals surface area contributed by atoms with Crippen molar-refractivity contribution in [3.05, 3.63) is 64.8 Å². The van der Waals surface area contributed by atoms with Gasteiger partial charge in [-0.05, 0) is 30.3 Å². The molecule has 0 saturated heterocycles. The van der Waals surface area contributed by atoms with E-state index in [1.807, 2.05) is 12.1 Å². The third-order valence-electron chi connectivity index (χ3n) is 4.02. The summed E-state index contributed by atoms with van der Waals surface area (Å²) in [5.41, 5.74) is 2.31. The average molecular weight is 349 g/mol. The summed E-state index contributed by atoms with van der Waals surface area (Å²) in [4.78, 5) is 25.7. The molecule has 0 bridgehead atoms. The molecule has 3 aromatic heterocycles. The molecule has 130 valence electrons. The zero-order chi connectivity index (χ0) is 18.1. The fourth-order valence-electron chi connectivity index (χ4n) is 2.76. The van der Waals surface area contributed by atoms with E-state index >= 15 is 0 Å². The number of fused-ring (bicyclic) bond motifs is 2. The highest BCUT2D eigenvalue weighted by atomic mass is 16.5. The quantitative estimate of drug-likeness (QED) is 0.580. The number of pyridine rings is 1. The minimum atomic E-state index is -0.443. The first-order valence-corrected chi connectivity index (χ1v) is 7.88. The zero-order valence-electron chi connectivity index (χ0n) is 13.9. The normalized spacial score (nSPS) is 11.0. The van der Waals surface area contributed by atoms with Crippen molar-refractivity contribution in [1.29, 1.82) is 0 Å². The molecule has 0 aliphatic rings. The highest BCUT2D eigenvalue weighted by molar-refractivity contribution is 5.79. The van der Waals surface area contributed by atoms with Gasteiger partial charge in [0, 0.05) is 24.3 Å². The number of ether oxygens (including phenoxy) is 1. The van der Waals surface area contributed by atoms with Crippen LogP contribution >= 0.6 is 0 Å². The van der Waals surface area contributed by atoms with Crippen LogP contribution in [0.5, 0.6) is 5.75 Å². The first-order valence-electron chi connectivity index (χ1n) is 7.88. The molecule has 3 heterocycles. The molecule has 8 nitrogen and oxygen atoms in total. The molecule has 8 heteroatoms. The van der Waals surface area contributed by atoms with Crippen LogP contribution in [-0.2, 0) is 6.61 Å². The summed E-state index contributed by atoms with van der Waals surface area (Å²) in [7, 11) is 1.51. The van der Waals surface area contributed by atoms with Crippen molar-refractivity contribution in [1.82, 2.24) is 19.4 Å². The number of anilines is 2. The molecule has 0 unspecified atom stereocenters. The lowest BCUT2D eigenvalue weighted by Gasteiger charge is -2.13. The summed E-state index contributed by atoms with van der Waals surface area (Å²) in [6, 6.07) is 8.83. The lowest BCUT2D eigenvalue weighted by molar-refractivity contribution is 0.280. The Morgan fingerprint density at radius 3 is 2.77 bits per heavy atom. The van der Waals surface area contributed by atoms with Gasteiger partial charge in [0.1, 0.15) is 5.82 Å². The van der Waals surface area contributed by atoms with Crippen molar-refractivity contribution in [2.24, 2.45) is 0 Å². The SMILES string of the molecule is COc1cccn2c(=O)c(CO)c(Nc3ccc4nccnc4c3)nc12. The van der Waals surface area contributed by atoms with Gasteiger partial charge in [-0.25, -0.2) is 4.98 Å². The maximum atomic E-state index is 12.7. The van der Waals surface area contributed by atoms with E-state index in [0.717, 1.165) is 5.52 Å². The Morgan fingerprint density at radius 2 is 2.00 bits per heavy atom. The van der Waals surface area contributed by atoms with Crippen molar-refractivity contribution < 1.29 is 9.84 Å². The zero-order valence-corrected chi connectivity index (χ0v) is 13.9. The van der Waals surface area contributed by atoms with Crippen LogP contribution in [0.2, 0.25) is 0 Å². The Bertz CT molecular complexity index is 1170. The fraction of sp³-hybridized carbons (Fsp3) is 0.111. The van der Waals surface area contributed by atoms with Crippen LogP contribution in [0.15, 0.2) is 53.7 Å². The molecular formula is C18H15N5O3. The Labute approximate surface area is 147 Å². The minimum Gasteiger partial charge on any atom is -0.493 e. The largest absolute Gasteiger partial charge is 0.493 e. The number of methoxy groups -OCH3 is 1. The fourth-order valence-corrected chi connectivity index (χ4v) is 2.76. The van der Waals surface area contributed by atoms with Gasteiger partial charge in [-0.1, -0.05) is 0 Å². The maximum Gasteiger partial charge on any atom is 0.265 e. The van der Waals surface area contributed by atoms with Gasteiger partial charge in [-0.3, -0.25) is 19.2 Å². The Morgan fingerprint density at radius 1 is 1.19 bits per heavy atom. The first-order chi connectivity index (χ1) is 12.7. The molecule has 0 aliphatic carbocycles. The second kappa shape index (κ2) is 6.41. The second-order valence-corrected chi connectivity index (χ2v) is 5.56. The summed E-state index contributed by atoms with van der Waals surface area (Å²) in [6.45, 7) is -0.443. The predicted molar refractivity (Wildman–Crippen MR) is 96.8 cm³/mol. The number of rotatable bonds is 4. The minimum absolute atomic E-state index is 0.162. The molecule has 0 saturated carbocycles. The van der Waals surface area contributed by atoms with E-state index < -0.39 is 6.61 Å². The van der Waals surface area contributed by atoms with E-state index in [1.165, 1.54) is 11.5 Å². The molecule has 0 atom stereocenters. The molecule has 1 aromatic carbocycles. The van der Waals surface area contributed by atoms with Crippen LogP contribution in [0.25, 0.3) is 16.7 Å². The van der Waals surface area contributed by atoms with Gasteiger partial charge in [0.15, 0.2) is 11.4 Å². The molecule has 4 rings (SSSR count). The maximum absolute atomic E-state index is 12.7. The number of nitrogens with zero attached hydrogens (tertiary/aromatic N) is 4. The summed E-state index contributed by atoms with van der Waals surface area (Å²) in [5, 5.41) is 12.8. The van der Waals surface area contributed by atoms with Crippen LogP contribution in [0.3, 0.4) is 0 Å². The van der Waals surface area contributed by atoms with E-state index in [0.29, 0.717) is 22.6 Å². The van der Waals surface area contributed by atoms with Gasteiger partial charge >= 0.3 is 0 Å². The molecule has 4 aromatic rings. The van der Waals surface area contributed by atoms with E-state index in [4.69, 9.17) is 4.74 Å². The van der Waals surface area contributed by atoms with Gasteiger partial charge in [-0.15, -0.1) is 0 Å². The third-order valence-corrected chi connectivity index (χ3v) is 4.02. The number of benzene rings is 1. The molecule has 26 heavy (non-hydrogen) atoms. The Kier molecular flexibility index (Phi) is 3.94. The molecule has 0 amide bonds. The molecule has 0 radical (unpaired) electrons. The Balaban J connectivity index is 1.87. The third kappa shape index (κ3) is 2.62. The first kappa shape index (κ1) is 16.0. The van der Waals surface area contributed by atoms with Gasteiger partial charge in [0.05, 0.1) is 30.3 Å². The molecule has 2 N–H and O–H groups in total. The predicted octanol–water partition coefficient (Wildman–Crippen LogP) is 1.88. The van der Waals surface area contributed by atoms with Crippen molar-refractivity contribution >= 4 is 28.2 Å². The van der Waals surface area contributed by atoms with Crippen molar-refractivity contribution in [3.63, 3.8) is 0 Å². The summed E-state index contributed by atoms with van der Waals surface area (Å²) >= 11 is 0. The van der Waals surface area contributed by atoms with E-state index in [-0.39, 0.29) is 16.9 Å². The van der Waals surface area contributed by atoms with Crippen LogP contribution in [0.4, 0.5) is 11.5 Å². The highest BCUT2D eigenvalue weighted by Gasteiger charge is 2.15. The van der Waals surface area contributed by atoms with Gasteiger partial charge < -0.3 is 15.2 Å². The van der Waals surface area contributed by atoms with E-state index in [1.54, 1.807) is 36.8 Å². The topological polar surface area (TPSA) is 102 Å². The lowest BCUT2D eigenvalue weighted by Crippen LogP contribution is -2.22. The number of hydrogen-bond acceptors (Lipinski definition) is 7. The van der Waals surface area contributed by atoms with Crippen molar-refractivity contribution in [2.45, 2.75) is 6.61 Å². The lowest BCUT2D eigenvalue weighted by atomic mass is 10.2. The smallest absolute Gasteiger partial charge is 0.265 e. The van der Waals surface area contributed by atoms with E-state index in [2.05, 4.69) is 20.3 Å². The van der Waals surface area contributed by atoms with Gasteiger partial charge in [-0.2, -0.15) is 0 Å². The number of aliphatic hydroxyl groups excluding tert-OH is 1. The summed E-state index contributed by atoms with van der Waals surface area (Å²) in [5.74, 6) is 0.728. The van der Waals surface area contributed by atoms with Crippen LogP contribution in [0, 0.1) is 0 Å². The van der Waals surface area contributed by atoms with Crippen LogP contribution < -0.4 is 15.6 Å². The highest BCUT2D eigenvalue weighted by Crippen LogP contribution is 2.23. The van der Waals surface area contributed by atoms with Crippen LogP contribution in [0.1, 0.15) is 5.56 Å². The van der Waals surface area contributed by atoms with Gasteiger partial charge in [0.25, 0.3) is 5.56 Å². The van der Waals surface area contributed by atoms with Crippen molar-refractivity contribution in [3.8, 4) is 5.75 Å². The molecular weight excluding hydrogens is 334 g/mol. The van der Waals surface area contributed by atoms with E-state index in [9.17, 15) is 9.90 Å². The molecule has 0 spiro atoms. The number of hydrogen-bond donors (Lipinski definition) is 2. The van der Waals surface area contributed by atoms with Gasteiger partial charge in [0.2, 0.25) is 0 Å². The summed E-state index contributed by atoms with van der Waals surface area (Å²) < 4.78 is 6.64. The second-order valence-electron chi connectivity index (χ2n) is 5.56. The summed E-state index contributed by atoms with van der Waals surface area (Å²) in [6.07, 6.45) is 4.82.